The van der Waals surface area contributed by atoms with E-state index in [4.69, 9.17) is 18.9 Å². The fourth-order valence-corrected chi connectivity index (χ4v) is 3.33. The van der Waals surface area contributed by atoms with Gasteiger partial charge >= 0.3 is 29.8 Å². The third kappa shape index (κ3) is 8.93. The van der Waals surface area contributed by atoms with Crippen LogP contribution in [0.25, 0.3) is 0 Å². The van der Waals surface area contributed by atoms with Crippen molar-refractivity contribution in [1.29, 1.82) is 0 Å². The molecule has 2 amide bonds. The Hall–Kier alpha value is -5.27. The Bertz CT molecular complexity index is 1350. The Balaban J connectivity index is 2.31. The molecule has 0 spiro atoms. The lowest BCUT2D eigenvalue weighted by atomic mass is 10.1. The fourth-order valence-electron chi connectivity index (χ4n) is 3.33. The second-order valence-corrected chi connectivity index (χ2v) is 8.02. The van der Waals surface area contributed by atoms with E-state index in [0.717, 1.165) is 32.6 Å². The molecule has 212 valence electrons. The minimum atomic E-state index is -1.38. The van der Waals surface area contributed by atoms with Gasteiger partial charge in [0, 0.05) is 40.8 Å². The number of rotatable bonds is 11. The van der Waals surface area contributed by atoms with Gasteiger partial charge in [0.2, 0.25) is 0 Å². The van der Waals surface area contributed by atoms with Gasteiger partial charge in [0.25, 0.3) is 11.8 Å². The van der Waals surface area contributed by atoms with Crippen LogP contribution in [0, 0.1) is 0 Å². The van der Waals surface area contributed by atoms with Crippen LogP contribution in [0.15, 0.2) is 36.4 Å². The fraction of sp³-hybridized carbons (Fsp3) is 0.269. The van der Waals surface area contributed by atoms with Crippen molar-refractivity contribution in [2.24, 2.45) is 0 Å². The number of carbonyl (C=O) groups excluding carboxylic acids is 6. The third-order valence-corrected chi connectivity index (χ3v) is 4.71. The maximum Gasteiger partial charge on any atom is 0.323 e. The molecule has 0 saturated heterocycles. The van der Waals surface area contributed by atoms with Crippen molar-refractivity contribution in [1.82, 2.24) is 10.2 Å². The summed E-state index contributed by atoms with van der Waals surface area (Å²) in [6.07, 6.45) is 0. The van der Waals surface area contributed by atoms with Crippen molar-refractivity contribution in [3.63, 3.8) is 0 Å². The summed E-state index contributed by atoms with van der Waals surface area (Å²) in [5.41, 5.74) is -0.441. The number of nitrogens with zero attached hydrogens (tertiary/aromatic N) is 1. The van der Waals surface area contributed by atoms with Gasteiger partial charge in [-0.15, -0.1) is 0 Å². The van der Waals surface area contributed by atoms with E-state index in [1.165, 1.54) is 36.4 Å². The van der Waals surface area contributed by atoms with Crippen molar-refractivity contribution in [3.8, 4) is 23.0 Å². The molecular weight excluding hydrogens is 532 g/mol. The molecule has 0 aliphatic heterocycles. The molecule has 0 saturated carbocycles. The van der Waals surface area contributed by atoms with Crippen LogP contribution in [0.4, 0.5) is 0 Å². The van der Waals surface area contributed by atoms with Crippen LogP contribution in [-0.4, -0.2) is 71.3 Å². The molecule has 0 fully saturated rings. The summed E-state index contributed by atoms with van der Waals surface area (Å²) in [6.45, 7) is 2.95. The van der Waals surface area contributed by atoms with Crippen LogP contribution in [0.1, 0.15) is 48.4 Å². The van der Waals surface area contributed by atoms with Crippen molar-refractivity contribution in [3.05, 3.63) is 47.5 Å². The van der Waals surface area contributed by atoms with E-state index in [9.17, 15) is 38.7 Å². The van der Waals surface area contributed by atoms with E-state index in [0.29, 0.717) is 0 Å². The zero-order chi connectivity index (χ0) is 30.0. The topological polar surface area (TPSA) is 192 Å². The van der Waals surface area contributed by atoms with E-state index in [-0.39, 0.29) is 47.2 Å². The lowest BCUT2D eigenvalue weighted by molar-refractivity contribution is -0.138. The van der Waals surface area contributed by atoms with Crippen molar-refractivity contribution < 1.29 is 57.6 Å². The predicted octanol–water partition coefficient (Wildman–Crippen LogP) is 1.34. The van der Waals surface area contributed by atoms with E-state index in [2.05, 4.69) is 5.32 Å². The van der Waals surface area contributed by atoms with Crippen LogP contribution >= 0.6 is 0 Å². The number of carbonyl (C=O) groups is 7. The highest BCUT2D eigenvalue weighted by molar-refractivity contribution is 6.01. The smallest absolute Gasteiger partial charge is 0.323 e. The molecule has 0 aliphatic rings. The van der Waals surface area contributed by atoms with Crippen molar-refractivity contribution >= 4 is 41.7 Å². The summed E-state index contributed by atoms with van der Waals surface area (Å²) in [6, 6.07) is 7.86. The Morgan fingerprint density at radius 3 is 1.60 bits per heavy atom. The number of amides is 2. The molecule has 14 nitrogen and oxygen atoms in total. The Morgan fingerprint density at radius 2 is 1.15 bits per heavy atom. The quantitative estimate of drug-likeness (QED) is 0.298. The number of benzene rings is 2. The van der Waals surface area contributed by atoms with Crippen LogP contribution in [0.3, 0.4) is 0 Å². The van der Waals surface area contributed by atoms with Crippen LogP contribution in [0.2, 0.25) is 0 Å². The number of hydrogen-bond donors (Lipinski definition) is 2. The molecule has 0 radical (unpaired) electrons. The van der Waals surface area contributed by atoms with Crippen LogP contribution in [0.5, 0.6) is 23.0 Å². The first-order valence-corrected chi connectivity index (χ1v) is 11.6. The molecule has 0 heterocycles. The van der Waals surface area contributed by atoms with Crippen molar-refractivity contribution in [2.45, 2.75) is 27.7 Å². The average Bonchev–Trinajstić information content (AvgIpc) is 2.83. The van der Waals surface area contributed by atoms with E-state index < -0.39 is 48.2 Å². The van der Waals surface area contributed by atoms with Gasteiger partial charge in [-0.05, 0) is 24.3 Å². The molecule has 0 bridgehead atoms. The normalized spacial score (nSPS) is 10.1. The minimum absolute atomic E-state index is 0.170. The van der Waals surface area contributed by atoms with Gasteiger partial charge in [-0.2, -0.15) is 0 Å². The Morgan fingerprint density at radius 1 is 0.700 bits per heavy atom. The van der Waals surface area contributed by atoms with Gasteiger partial charge in [0.15, 0.2) is 23.0 Å². The zero-order valence-electron chi connectivity index (χ0n) is 22.0. The summed E-state index contributed by atoms with van der Waals surface area (Å²) in [5.74, 6) is -7.27. The number of esters is 4. The largest absolute Gasteiger partial charge is 0.480 e. The maximum atomic E-state index is 13.3. The van der Waals surface area contributed by atoms with E-state index in [1.807, 2.05) is 0 Å². The number of hydrogen-bond acceptors (Lipinski definition) is 11. The third-order valence-electron chi connectivity index (χ3n) is 4.71. The Labute approximate surface area is 227 Å². The number of carboxylic acid groups (broad SMARTS) is 1. The standard InChI is InChI=1S/C26H26N2O12/c1-14(29)37-20-9-5-7-18(23(20)39-16(3)31)25(35)27-11-12-28(13-22(33)34)26(36)19-8-6-10-21(38-15(2)30)24(19)40-17(4)32/h5-10H,11-13H2,1-4H3,(H,27,35)(H,33,34). The van der Waals surface area contributed by atoms with Gasteiger partial charge in [-0.1, -0.05) is 12.1 Å². The first-order chi connectivity index (χ1) is 18.8. The highest BCUT2D eigenvalue weighted by Crippen LogP contribution is 2.33. The first kappa shape index (κ1) is 31.0. The molecule has 2 aromatic carbocycles. The van der Waals surface area contributed by atoms with Gasteiger partial charge in [-0.3, -0.25) is 33.6 Å². The molecule has 2 rings (SSSR count). The lowest BCUT2D eigenvalue weighted by Gasteiger charge is -2.23. The molecule has 0 atom stereocenters. The highest BCUT2D eigenvalue weighted by Gasteiger charge is 2.26. The number of ether oxygens (including phenoxy) is 4. The van der Waals surface area contributed by atoms with E-state index in [1.54, 1.807) is 0 Å². The highest BCUT2D eigenvalue weighted by atomic mass is 16.6. The monoisotopic (exact) mass is 558 g/mol. The lowest BCUT2D eigenvalue weighted by Crippen LogP contribution is -2.41. The van der Waals surface area contributed by atoms with Gasteiger partial charge < -0.3 is 34.3 Å². The second-order valence-electron chi connectivity index (χ2n) is 8.02. The second kappa shape index (κ2) is 14.0. The summed E-state index contributed by atoms with van der Waals surface area (Å²) in [7, 11) is 0. The van der Waals surface area contributed by atoms with E-state index >= 15 is 0 Å². The average molecular weight is 558 g/mol. The summed E-state index contributed by atoms with van der Waals surface area (Å²) in [5, 5.41) is 11.8. The SMILES string of the molecule is CC(=O)Oc1cccc(C(=O)NCCN(CC(=O)O)C(=O)c2cccc(OC(C)=O)c2OC(C)=O)c1OC(C)=O. The van der Waals surface area contributed by atoms with Crippen molar-refractivity contribution in [2.75, 3.05) is 19.6 Å². The zero-order valence-corrected chi connectivity index (χ0v) is 22.0. The molecular formula is C26H26N2O12. The van der Waals surface area contributed by atoms with Gasteiger partial charge in [0.05, 0.1) is 11.1 Å². The minimum Gasteiger partial charge on any atom is -0.480 e. The summed E-state index contributed by atoms with van der Waals surface area (Å²) >= 11 is 0. The summed E-state index contributed by atoms with van der Waals surface area (Å²) in [4.78, 5) is 84.6. The number of nitrogens with one attached hydrogen (secondary N) is 1. The first-order valence-electron chi connectivity index (χ1n) is 11.6. The molecule has 40 heavy (non-hydrogen) atoms. The number of carboxylic acids is 1. The molecule has 2 aromatic rings. The van der Waals surface area contributed by atoms with Crippen LogP contribution in [-0.2, 0) is 24.0 Å². The predicted molar refractivity (Wildman–Crippen MR) is 134 cm³/mol. The summed E-state index contributed by atoms with van der Waals surface area (Å²) < 4.78 is 20.1. The molecule has 0 aliphatic carbocycles. The number of aliphatic carboxylic acids is 1. The van der Waals surface area contributed by atoms with Gasteiger partial charge in [-0.25, -0.2) is 0 Å². The van der Waals surface area contributed by atoms with Gasteiger partial charge in [0.1, 0.15) is 6.54 Å². The molecule has 2 N–H and O–H groups in total. The molecule has 0 aromatic heterocycles. The number of para-hydroxylation sites is 2. The molecule has 14 heteroatoms. The van der Waals surface area contributed by atoms with Crippen LogP contribution < -0.4 is 24.3 Å². The molecule has 0 unspecified atom stereocenters. The Kier molecular flexibility index (Phi) is 10.9. The maximum absolute atomic E-state index is 13.3.